The highest BCUT2D eigenvalue weighted by Crippen LogP contribution is 2.42. The molecule has 16 heteroatoms. The van der Waals surface area contributed by atoms with E-state index in [4.69, 9.17) is 19.2 Å². The number of aromatic nitrogens is 4. The first-order valence-corrected chi connectivity index (χ1v) is 24.1. The topological polar surface area (TPSA) is 171 Å². The second kappa shape index (κ2) is 21.0. The van der Waals surface area contributed by atoms with Crippen molar-refractivity contribution in [2.24, 2.45) is 30.2 Å². The predicted molar refractivity (Wildman–Crippen MR) is 263 cm³/mol. The van der Waals surface area contributed by atoms with Crippen molar-refractivity contribution >= 4 is 50.7 Å². The molecule has 0 saturated carbocycles. The smallest absolute Gasteiger partial charge is 0.323 e. The Bertz CT molecular complexity index is 2670. The van der Waals surface area contributed by atoms with Gasteiger partial charge in [-0.25, -0.2) is 10.4 Å². The maximum Gasteiger partial charge on any atom is 0.323 e. The molecule has 3 N–H and O–H groups in total. The Morgan fingerprint density at radius 1 is 1.09 bits per heavy atom. The molecule has 7 rings (SSSR count). The average molecular weight is 942 g/mol. The van der Waals surface area contributed by atoms with Crippen LogP contribution >= 0.6 is 0 Å². The summed E-state index contributed by atoms with van der Waals surface area (Å²) in [5.41, 5.74) is 10.9. The normalized spacial score (nSPS) is 19.5. The molecule has 5 heterocycles. The third-order valence-corrected chi connectivity index (χ3v) is 13.8. The number of hydrogen-bond donors (Lipinski definition) is 3. The van der Waals surface area contributed by atoms with Crippen LogP contribution in [-0.2, 0) is 55.1 Å². The molecule has 3 amide bonds. The van der Waals surface area contributed by atoms with Crippen LogP contribution in [-0.4, -0.2) is 96.6 Å². The first kappa shape index (κ1) is 49.8. The van der Waals surface area contributed by atoms with E-state index < -0.39 is 28.4 Å². The molecule has 68 heavy (non-hydrogen) atoms. The summed E-state index contributed by atoms with van der Waals surface area (Å²) in [6, 6.07) is 19.2. The number of carbonyl (C=O) groups excluding carboxylic acids is 4. The van der Waals surface area contributed by atoms with Crippen LogP contribution in [0.5, 0.6) is 6.01 Å². The number of fused-ring (bicyclic) bond motifs is 6. The van der Waals surface area contributed by atoms with Crippen molar-refractivity contribution in [2.45, 2.75) is 91.5 Å². The van der Waals surface area contributed by atoms with Gasteiger partial charge in [-0.15, -0.1) is 0 Å². The van der Waals surface area contributed by atoms with E-state index in [9.17, 15) is 19.2 Å². The highest BCUT2D eigenvalue weighted by Gasteiger charge is 2.42. The molecule has 0 unspecified atom stereocenters. The van der Waals surface area contributed by atoms with Crippen LogP contribution < -0.4 is 20.8 Å². The van der Waals surface area contributed by atoms with E-state index in [0.29, 0.717) is 51.0 Å². The van der Waals surface area contributed by atoms with Crippen molar-refractivity contribution in [1.29, 1.82) is 0 Å². The standard InChI is InChI=1S/C52H65N8O7Si/c1-10-44(61)56-43-29-55-50(58(43)8)66-30-41(32(3)4)47(62)54-23-20-37-26-34-15-12-16-35(25-34)36-18-19-42-39(27-36)40(46(59(42)11-2)38-17-13-22-53-45(38)33(5)65-9)28-51(6,7)31-67-49(64)52(68)21-14-24-60(57-52)48(37)63/h10,12-13,15-19,22,25,27,29,32-33,37,41,57H,1,11,14,20-21,23-24,26,28,30-31H2,2-9H3,(H,54,62)(H,56,61)/t33-,37-,41-,52-/m0/s1. The molecule has 2 aliphatic heterocycles. The SMILES string of the molecule is C=CC(=O)Nc1cnc(OC[C@H](C(=O)NCC[C@H]2Cc3cccc(c3)-c3ccc4c(c3)c(c(-c3cccnc3[C@H](C)OC)n4CC)CC(C)(C)COC(=O)[C@@]3([Si])CCCN(N3)C2=O)C(C)C)n1C. The molecule has 0 spiro atoms. The molecule has 3 aromatic heterocycles. The van der Waals surface area contributed by atoms with Gasteiger partial charge in [-0.2, -0.15) is 0 Å². The monoisotopic (exact) mass is 941 g/mol. The van der Waals surface area contributed by atoms with Crippen LogP contribution in [0.1, 0.15) is 83.7 Å². The van der Waals surface area contributed by atoms with Crippen molar-refractivity contribution in [1.82, 2.24) is 34.9 Å². The highest BCUT2D eigenvalue weighted by atomic mass is 28.1. The van der Waals surface area contributed by atoms with Gasteiger partial charge in [0.05, 0.1) is 46.5 Å². The van der Waals surface area contributed by atoms with Crippen molar-refractivity contribution in [2.75, 3.05) is 38.7 Å². The minimum Gasteiger partial charge on any atom is -0.464 e. The Kier molecular flexibility index (Phi) is 15.4. The third-order valence-electron chi connectivity index (χ3n) is 13.2. The zero-order chi connectivity index (χ0) is 48.9. The third kappa shape index (κ3) is 10.8. The lowest BCUT2D eigenvalue weighted by Gasteiger charge is -2.41. The zero-order valence-corrected chi connectivity index (χ0v) is 41.6. The fraction of sp³-hybridized carbons (Fsp3) is 0.462. The number of carbonyl (C=O) groups is 4. The number of aryl methyl sites for hydroxylation is 1. The molecule has 2 aromatic carbocycles. The quantitative estimate of drug-likeness (QED) is 0.0594. The van der Waals surface area contributed by atoms with Crippen molar-refractivity contribution in [3.63, 3.8) is 0 Å². The lowest BCUT2D eigenvalue weighted by molar-refractivity contribution is -0.158. The second-order valence-electron chi connectivity index (χ2n) is 19.2. The maximum absolute atomic E-state index is 14.7. The van der Waals surface area contributed by atoms with E-state index in [1.165, 1.54) is 17.3 Å². The summed E-state index contributed by atoms with van der Waals surface area (Å²) < 4.78 is 22.0. The number of imidazole rings is 1. The van der Waals surface area contributed by atoms with Gasteiger partial charge < -0.3 is 29.4 Å². The van der Waals surface area contributed by atoms with E-state index in [-0.39, 0.29) is 55.5 Å². The van der Waals surface area contributed by atoms with Gasteiger partial charge >= 0.3 is 5.97 Å². The summed E-state index contributed by atoms with van der Waals surface area (Å²) in [7, 11) is 7.16. The number of amides is 3. The number of esters is 1. The molecule has 0 aliphatic carbocycles. The molecule has 359 valence electrons. The summed E-state index contributed by atoms with van der Waals surface area (Å²) in [4.78, 5) is 63.6. The van der Waals surface area contributed by atoms with Gasteiger partial charge in [-0.3, -0.25) is 33.7 Å². The summed E-state index contributed by atoms with van der Waals surface area (Å²) in [6.45, 7) is 17.3. The molecule has 1 saturated heterocycles. The van der Waals surface area contributed by atoms with Gasteiger partial charge in [-0.1, -0.05) is 64.6 Å². The molecular formula is C52H65N8O7Si. The van der Waals surface area contributed by atoms with Crippen LogP contribution in [0.2, 0.25) is 0 Å². The van der Waals surface area contributed by atoms with Crippen molar-refractivity contribution < 1.29 is 33.4 Å². The van der Waals surface area contributed by atoms with Gasteiger partial charge in [0.15, 0.2) is 0 Å². The Morgan fingerprint density at radius 2 is 1.87 bits per heavy atom. The van der Waals surface area contributed by atoms with Crippen LogP contribution in [0.15, 0.2) is 79.6 Å². The maximum atomic E-state index is 14.7. The molecule has 6 bridgehead atoms. The number of nitrogens with one attached hydrogen (secondary N) is 3. The number of rotatable bonds is 14. The van der Waals surface area contributed by atoms with Gasteiger partial charge in [0.1, 0.15) is 17.6 Å². The van der Waals surface area contributed by atoms with Crippen LogP contribution in [0.4, 0.5) is 5.82 Å². The van der Waals surface area contributed by atoms with E-state index in [2.05, 4.69) is 99.6 Å². The minimum atomic E-state index is -1.33. The largest absolute Gasteiger partial charge is 0.464 e. The Morgan fingerprint density at radius 3 is 2.60 bits per heavy atom. The van der Waals surface area contributed by atoms with E-state index in [1.807, 2.05) is 39.0 Å². The molecule has 15 nitrogen and oxygen atoms in total. The van der Waals surface area contributed by atoms with Crippen molar-refractivity contribution in [3.05, 3.63) is 96.5 Å². The summed E-state index contributed by atoms with van der Waals surface area (Å²) in [6.07, 6.45) is 6.48. The summed E-state index contributed by atoms with van der Waals surface area (Å²) >= 11 is 0. The minimum absolute atomic E-state index is 0.0474. The first-order chi connectivity index (χ1) is 32.5. The average Bonchev–Trinajstić information content (AvgIpc) is 3.83. The van der Waals surface area contributed by atoms with Gasteiger partial charge in [0, 0.05) is 67.8 Å². The number of nitrogens with zero attached hydrogens (tertiary/aromatic N) is 5. The molecule has 3 radical (unpaired) electrons. The lowest BCUT2D eigenvalue weighted by Crippen LogP contribution is -2.65. The highest BCUT2D eigenvalue weighted by molar-refractivity contribution is 6.27. The number of ether oxygens (including phenoxy) is 3. The molecule has 2 aliphatic rings. The number of cyclic esters (lactones) is 1. The molecule has 1 fully saturated rings. The number of hydrazine groups is 1. The fourth-order valence-corrected chi connectivity index (χ4v) is 9.68. The number of hydrogen-bond acceptors (Lipinski definition) is 10. The zero-order valence-electron chi connectivity index (χ0n) is 40.6. The molecule has 4 atom stereocenters. The first-order valence-electron chi connectivity index (χ1n) is 23.6. The van der Waals surface area contributed by atoms with Crippen molar-refractivity contribution in [3.8, 4) is 28.4 Å². The van der Waals surface area contributed by atoms with Gasteiger partial charge in [-0.05, 0) is 104 Å². The lowest BCUT2D eigenvalue weighted by atomic mass is 9.84. The van der Waals surface area contributed by atoms with Crippen LogP contribution in [0.3, 0.4) is 0 Å². The number of anilines is 1. The predicted octanol–water partition coefficient (Wildman–Crippen LogP) is 7.09. The number of pyridine rings is 1. The molecular weight excluding hydrogens is 877 g/mol. The fourth-order valence-electron chi connectivity index (χ4n) is 9.30. The van der Waals surface area contributed by atoms with Gasteiger partial charge in [0.2, 0.25) is 17.7 Å². The molecule has 5 aromatic rings. The summed E-state index contributed by atoms with van der Waals surface area (Å²) in [5.74, 6) is -2.03. The van der Waals surface area contributed by atoms with E-state index in [1.54, 1.807) is 24.9 Å². The van der Waals surface area contributed by atoms with Gasteiger partial charge in [0.25, 0.3) is 6.01 Å². The van der Waals surface area contributed by atoms with Crippen LogP contribution in [0.25, 0.3) is 33.3 Å². The Labute approximate surface area is 402 Å². The van der Waals surface area contributed by atoms with Crippen LogP contribution in [0, 0.1) is 23.2 Å². The Hall–Kier alpha value is -6.10. The van der Waals surface area contributed by atoms with E-state index in [0.717, 1.165) is 50.1 Å². The van der Waals surface area contributed by atoms with E-state index >= 15 is 0 Å². The Balaban J connectivity index is 1.21. The number of benzene rings is 2. The second-order valence-corrected chi connectivity index (χ2v) is 20.0. The summed E-state index contributed by atoms with van der Waals surface area (Å²) in [5, 5.41) is 7.07. The number of methoxy groups -OCH3 is 1.